The summed E-state index contributed by atoms with van der Waals surface area (Å²) in [7, 11) is 0. The predicted octanol–water partition coefficient (Wildman–Crippen LogP) is 33.2. The topological polar surface area (TPSA) is 0 Å². The number of hydrogen-bond donors (Lipinski definition) is 0. The molecule has 0 nitrogen and oxygen atoms in total. The fourth-order valence-electron chi connectivity index (χ4n) is 6.69. The van der Waals surface area contributed by atoms with Gasteiger partial charge in [-0.25, -0.2) is 0 Å². The normalized spacial score (nSPS) is 15.7. The van der Waals surface area contributed by atoms with Crippen LogP contribution in [0.4, 0.5) is 132 Å². The predicted molar refractivity (Wildman–Crippen MR) is 356 cm³/mol. The second-order valence-electron chi connectivity index (χ2n) is 31.4. The highest BCUT2D eigenvalue weighted by molar-refractivity contribution is 4.81. The Kier molecular flexibility index (Phi) is 60.0. The van der Waals surface area contributed by atoms with Gasteiger partial charge in [-0.05, 0) is 82.9 Å². The maximum absolute atomic E-state index is 12.1. The summed E-state index contributed by atoms with van der Waals surface area (Å²) in [6, 6.07) is 0. The van der Waals surface area contributed by atoms with E-state index in [9.17, 15) is 132 Å². The maximum Gasteiger partial charge on any atom is 0.400 e. The Balaban J connectivity index is -0.000000116. The van der Waals surface area contributed by atoms with Crippen LogP contribution in [-0.4, -0.2) is 61.8 Å². The third-order valence-electron chi connectivity index (χ3n) is 19.1. The summed E-state index contributed by atoms with van der Waals surface area (Å²) >= 11 is 0. The molecule has 0 spiro atoms. The second-order valence-corrected chi connectivity index (χ2v) is 31.4. The Morgan fingerprint density at radius 2 is 0.569 bits per heavy atom. The highest BCUT2D eigenvalue weighted by atomic mass is 19.4. The lowest BCUT2D eigenvalue weighted by Gasteiger charge is -2.31. The van der Waals surface area contributed by atoms with Crippen molar-refractivity contribution in [3.8, 4) is 0 Å². The van der Waals surface area contributed by atoms with Crippen LogP contribution in [0.1, 0.15) is 293 Å². The van der Waals surface area contributed by atoms with E-state index < -0.39 is 133 Å². The minimum absolute atomic E-state index is 0.0895. The molecule has 0 fully saturated rings. The van der Waals surface area contributed by atoms with E-state index in [1.54, 1.807) is 96.9 Å². The van der Waals surface area contributed by atoms with Crippen molar-refractivity contribution in [2.45, 2.75) is 354 Å². The van der Waals surface area contributed by atoms with Gasteiger partial charge in [-0.15, -0.1) is 0 Å². The highest BCUT2D eigenvalue weighted by Crippen LogP contribution is 2.46. The van der Waals surface area contributed by atoms with Crippen molar-refractivity contribution in [2.24, 2.45) is 110 Å². The molecule has 0 rings (SSSR count). The van der Waals surface area contributed by atoms with Gasteiger partial charge in [-0.2, -0.15) is 132 Å². The van der Waals surface area contributed by atoms with E-state index in [0.29, 0.717) is 43.9 Å². The van der Waals surface area contributed by atoms with Gasteiger partial charge < -0.3 is 0 Å². The van der Waals surface area contributed by atoms with Crippen LogP contribution in [0, 0.1) is 110 Å². The van der Waals surface area contributed by atoms with Crippen LogP contribution in [0.3, 0.4) is 0 Å². The van der Waals surface area contributed by atoms with Crippen molar-refractivity contribution in [1.82, 2.24) is 0 Å². The molecule has 8 atom stereocenters. The van der Waals surface area contributed by atoms with Crippen LogP contribution in [0.25, 0.3) is 0 Å². The monoisotopic (exact) mass is 1570 g/mol. The fourth-order valence-corrected chi connectivity index (χ4v) is 6.69. The van der Waals surface area contributed by atoms with Gasteiger partial charge in [-0.3, -0.25) is 0 Å². The van der Waals surface area contributed by atoms with Crippen molar-refractivity contribution in [1.29, 1.82) is 0 Å². The molecule has 0 N–H and O–H groups in total. The number of rotatable bonds is 18. The zero-order valence-electron chi connectivity index (χ0n) is 67.1. The van der Waals surface area contributed by atoms with E-state index in [2.05, 4.69) is 34.6 Å². The molecule has 632 valence electrons. The van der Waals surface area contributed by atoms with Crippen LogP contribution in [0.2, 0.25) is 0 Å². The Bertz CT molecular complexity index is 1860. The Labute approximate surface area is 595 Å². The summed E-state index contributed by atoms with van der Waals surface area (Å²) < 4.78 is 357. The number of alkyl halides is 30. The van der Waals surface area contributed by atoms with Gasteiger partial charge in [0.25, 0.3) is 0 Å². The van der Waals surface area contributed by atoms with E-state index in [4.69, 9.17) is 0 Å². The Morgan fingerprint density at radius 1 is 0.304 bits per heavy atom. The van der Waals surface area contributed by atoms with Crippen molar-refractivity contribution in [2.75, 3.05) is 0 Å². The molecule has 0 aromatic heterocycles. The summed E-state index contributed by atoms with van der Waals surface area (Å²) in [4.78, 5) is 0. The molecule has 0 amide bonds. The van der Waals surface area contributed by atoms with Gasteiger partial charge in [0.2, 0.25) is 0 Å². The smallest absolute Gasteiger partial charge is 0.171 e. The number of hydrogen-bond acceptors (Lipinski definition) is 0. The maximum atomic E-state index is 12.1. The first-order valence-corrected chi connectivity index (χ1v) is 34.7. The van der Waals surface area contributed by atoms with E-state index >= 15 is 0 Å². The van der Waals surface area contributed by atoms with E-state index in [1.807, 2.05) is 27.7 Å². The molecule has 102 heavy (non-hydrogen) atoms. The molecule has 0 aromatic carbocycles. The third-order valence-corrected chi connectivity index (χ3v) is 19.1. The lowest BCUT2D eigenvalue weighted by molar-refractivity contribution is -0.287. The van der Waals surface area contributed by atoms with Gasteiger partial charge in [-0.1, -0.05) is 267 Å². The molecule has 0 aliphatic carbocycles. The largest absolute Gasteiger partial charge is 0.400 e. The molecule has 0 aliphatic rings. The molecule has 0 saturated carbocycles. The van der Waals surface area contributed by atoms with Crippen molar-refractivity contribution in [3.05, 3.63) is 0 Å². The molecular formula is C72H134F30. The minimum atomic E-state index is -5.19. The summed E-state index contributed by atoms with van der Waals surface area (Å²) in [6.07, 6.45) is -41.1. The summed E-state index contributed by atoms with van der Waals surface area (Å²) in [5.74, 6) is -9.24. The zero-order valence-corrected chi connectivity index (χ0v) is 67.1. The van der Waals surface area contributed by atoms with E-state index in [0.717, 1.165) is 5.92 Å². The average molecular weight is 1570 g/mol. The van der Waals surface area contributed by atoms with Crippen LogP contribution >= 0.6 is 0 Å². The lowest BCUT2D eigenvalue weighted by atomic mass is 9.81. The van der Waals surface area contributed by atoms with Crippen LogP contribution in [0.5, 0.6) is 0 Å². The SMILES string of the molecule is CC(C)C(C)(C)C.CC(C)C(C)(C)C(F)(F)F.CC(C)CC(C(F)(F)F)C(F)(F)F.CC(C)[C@@H](C)C(C)C(F)(F)F.CC(C)[C@@H](C)C(C)C(F)(F)F.CCC(C)(C)CC(F)(F)F.CCC(C)[C@@H](C)C(F)(F)F.CCC(CC)CC(F)(F)F.CCCC(C)(C)C(F)(F)F.CC[C@H](C)C(C)C(F)(F)F. The van der Waals surface area contributed by atoms with Crippen LogP contribution in [0.15, 0.2) is 0 Å². The van der Waals surface area contributed by atoms with Gasteiger partial charge in [0.1, 0.15) is 0 Å². The van der Waals surface area contributed by atoms with Crippen molar-refractivity contribution < 1.29 is 132 Å². The molecule has 30 heteroatoms. The Morgan fingerprint density at radius 3 is 0.627 bits per heavy atom. The van der Waals surface area contributed by atoms with Gasteiger partial charge in [0, 0.05) is 12.8 Å². The van der Waals surface area contributed by atoms with Crippen molar-refractivity contribution >= 4 is 0 Å². The van der Waals surface area contributed by atoms with Gasteiger partial charge in [0.15, 0.2) is 5.92 Å². The molecular weight excluding hydrogens is 1430 g/mol. The van der Waals surface area contributed by atoms with Crippen LogP contribution < -0.4 is 0 Å². The summed E-state index contributed by atoms with van der Waals surface area (Å²) in [6.45, 7) is 54.6. The Hall–Kier alpha value is -2.10. The third kappa shape index (κ3) is 66.1. The van der Waals surface area contributed by atoms with E-state index in [-0.39, 0.29) is 53.8 Å². The lowest BCUT2D eigenvalue weighted by Crippen LogP contribution is -2.37. The molecule has 0 radical (unpaired) electrons. The minimum Gasteiger partial charge on any atom is -0.171 e. The van der Waals surface area contributed by atoms with Crippen LogP contribution in [-0.2, 0) is 0 Å². The molecule has 0 aromatic rings. The quantitative estimate of drug-likeness (QED) is 0.120. The second kappa shape index (κ2) is 50.6. The zero-order chi connectivity index (χ0) is 85.7. The first kappa shape index (κ1) is 121. The fraction of sp³-hybridized carbons (Fsp3) is 1.00. The first-order valence-electron chi connectivity index (χ1n) is 34.7. The first-order chi connectivity index (χ1) is 44.1. The molecule has 0 aliphatic heterocycles. The molecule has 0 heterocycles. The van der Waals surface area contributed by atoms with Gasteiger partial charge in [0.05, 0.1) is 34.5 Å². The molecule has 4 unspecified atom stereocenters. The number of halogens is 30. The van der Waals surface area contributed by atoms with Gasteiger partial charge >= 0.3 is 61.8 Å². The van der Waals surface area contributed by atoms with E-state index in [1.165, 1.54) is 69.2 Å². The summed E-state index contributed by atoms with van der Waals surface area (Å²) in [5.41, 5.74) is -3.17. The summed E-state index contributed by atoms with van der Waals surface area (Å²) in [5, 5.41) is 0. The van der Waals surface area contributed by atoms with Crippen molar-refractivity contribution in [3.63, 3.8) is 0 Å². The molecule has 0 bridgehead atoms. The molecule has 0 saturated heterocycles. The average Bonchev–Trinajstić information content (AvgIpc) is 0.835. The standard InChI is InChI=1S/2C8H15F3.C7H10F6.6C7H13F3.C7H16/c2*1-5(2)6(3)7(4)8(9,10)11;1-4(2)3-5(6(8,9)10)7(11,12)13;1-5(2)6(3,4)7(8,9)10;1-4-6(2,3)5-7(8,9)10;1-4-5-6(2,3)7(8,9)10;2*1-4-5(2)6(3)7(8,9)10;1-3-6(4-2)5-7(8,9)10;1-6(2)7(3,4)5/h2*5-7H,1-4H3;4-5H,3H2,1-2H3;5H,1-4H3;2*4-5H2,1-3H3;2*5-6H,4H2,1-3H3;6H,3-5H2,1-2H3;6H,1-5H3/t2*6-,7?;;;;;5?,6-;5-,6?;;/m11....10../s1. The highest BCUT2D eigenvalue weighted by Gasteiger charge is 2.56.